The summed E-state index contributed by atoms with van der Waals surface area (Å²) in [6.07, 6.45) is 5.81. The second-order valence-electron chi connectivity index (χ2n) is 9.79. The highest BCUT2D eigenvalue weighted by atomic mass is 19.4. The lowest BCUT2D eigenvalue weighted by atomic mass is 9.76. The van der Waals surface area contributed by atoms with Crippen molar-refractivity contribution in [2.24, 2.45) is 5.92 Å². The Morgan fingerprint density at radius 3 is 2.17 bits per heavy atom. The summed E-state index contributed by atoms with van der Waals surface area (Å²) in [6, 6.07) is 9.90. The highest BCUT2D eigenvalue weighted by molar-refractivity contribution is 5.89. The van der Waals surface area contributed by atoms with Crippen molar-refractivity contribution >= 4 is 10.8 Å². The van der Waals surface area contributed by atoms with E-state index in [9.17, 15) is 22.0 Å². The minimum atomic E-state index is -5.25. The van der Waals surface area contributed by atoms with Gasteiger partial charge < -0.3 is 4.74 Å². The van der Waals surface area contributed by atoms with Crippen LogP contribution in [0.1, 0.15) is 76.2 Å². The van der Waals surface area contributed by atoms with Gasteiger partial charge in [0.15, 0.2) is 11.6 Å². The molecule has 1 nitrogen and oxygen atoms in total. The Balaban J connectivity index is 1.50. The van der Waals surface area contributed by atoms with E-state index in [-0.39, 0.29) is 16.5 Å². The molecule has 1 aliphatic carbocycles. The zero-order valence-electron chi connectivity index (χ0n) is 20.2. The smallest absolute Gasteiger partial charge is 0.399 e. The molecule has 0 N–H and O–H groups in total. The molecule has 0 saturated heterocycles. The zero-order valence-corrected chi connectivity index (χ0v) is 20.2. The van der Waals surface area contributed by atoms with Crippen molar-refractivity contribution < 1.29 is 31.1 Å². The first-order chi connectivity index (χ1) is 17.2. The van der Waals surface area contributed by atoms with Crippen LogP contribution in [0.4, 0.5) is 26.3 Å². The van der Waals surface area contributed by atoms with Gasteiger partial charge in [0, 0.05) is 10.9 Å². The van der Waals surface area contributed by atoms with Gasteiger partial charge in [-0.15, -0.1) is 13.2 Å². The van der Waals surface area contributed by atoms with E-state index < -0.39 is 29.6 Å². The molecule has 4 rings (SSSR count). The van der Waals surface area contributed by atoms with Crippen molar-refractivity contribution in [1.29, 1.82) is 0 Å². The molecule has 0 amide bonds. The van der Waals surface area contributed by atoms with Crippen molar-refractivity contribution in [3.63, 3.8) is 0 Å². The Hall–Kier alpha value is -2.70. The molecular weight excluding hydrogens is 478 g/mol. The maximum absolute atomic E-state index is 15.3. The van der Waals surface area contributed by atoms with Crippen LogP contribution in [-0.2, 0) is 0 Å². The lowest BCUT2D eigenvalue weighted by molar-refractivity contribution is -0.276. The summed E-state index contributed by atoms with van der Waals surface area (Å²) in [7, 11) is 0. The average molecular weight is 509 g/mol. The summed E-state index contributed by atoms with van der Waals surface area (Å²) in [5.74, 6) is -4.15. The van der Waals surface area contributed by atoms with Crippen LogP contribution in [0.5, 0.6) is 5.75 Å². The van der Waals surface area contributed by atoms with E-state index in [4.69, 9.17) is 0 Å². The first-order valence-electron chi connectivity index (χ1n) is 12.6. The van der Waals surface area contributed by atoms with Gasteiger partial charge in [-0.25, -0.2) is 13.2 Å². The van der Waals surface area contributed by atoms with E-state index in [0.29, 0.717) is 23.4 Å². The number of benzene rings is 3. The molecule has 0 aliphatic heterocycles. The minimum Gasteiger partial charge on any atom is -0.399 e. The maximum atomic E-state index is 15.3. The number of hydrogen-bond acceptors (Lipinski definition) is 1. The van der Waals surface area contributed by atoms with Crippen molar-refractivity contribution in [3.05, 3.63) is 65.5 Å². The normalized spacial score (nSPS) is 18.5. The predicted molar refractivity (Wildman–Crippen MR) is 129 cm³/mol. The van der Waals surface area contributed by atoms with Crippen molar-refractivity contribution in [2.45, 2.75) is 77.0 Å². The van der Waals surface area contributed by atoms with Gasteiger partial charge in [0.2, 0.25) is 5.75 Å². The van der Waals surface area contributed by atoms with Crippen molar-refractivity contribution in [1.82, 2.24) is 0 Å². The molecule has 0 atom stereocenters. The summed E-state index contributed by atoms with van der Waals surface area (Å²) in [6.45, 7) is 2.22. The van der Waals surface area contributed by atoms with Crippen LogP contribution in [0, 0.1) is 23.4 Å². The molecule has 1 saturated carbocycles. The van der Waals surface area contributed by atoms with Crippen LogP contribution in [0.25, 0.3) is 21.9 Å². The molecule has 36 heavy (non-hydrogen) atoms. The van der Waals surface area contributed by atoms with Crippen molar-refractivity contribution in [3.8, 4) is 16.9 Å². The third-order valence-corrected chi connectivity index (χ3v) is 7.29. The van der Waals surface area contributed by atoms with E-state index in [1.807, 2.05) is 12.1 Å². The molecule has 1 aliphatic rings. The Bertz CT molecular complexity index is 1170. The fraction of sp³-hybridized carbons (Fsp3) is 0.448. The van der Waals surface area contributed by atoms with Gasteiger partial charge in [-0.2, -0.15) is 0 Å². The van der Waals surface area contributed by atoms with Crippen LogP contribution >= 0.6 is 0 Å². The molecule has 3 aromatic carbocycles. The maximum Gasteiger partial charge on any atom is 0.573 e. The lowest BCUT2D eigenvalue weighted by Gasteiger charge is -2.29. The highest BCUT2D eigenvalue weighted by Gasteiger charge is 2.34. The second-order valence-corrected chi connectivity index (χ2v) is 9.79. The van der Waals surface area contributed by atoms with E-state index in [2.05, 4.69) is 11.7 Å². The van der Waals surface area contributed by atoms with Crippen LogP contribution in [0.2, 0.25) is 0 Å². The van der Waals surface area contributed by atoms with Gasteiger partial charge in [-0.1, -0.05) is 69.4 Å². The van der Waals surface area contributed by atoms with Gasteiger partial charge in [-0.3, -0.25) is 0 Å². The number of fused-ring (bicyclic) bond motifs is 1. The third kappa shape index (κ3) is 6.16. The molecule has 7 heteroatoms. The van der Waals surface area contributed by atoms with E-state index in [0.717, 1.165) is 24.3 Å². The standard InChI is InChI=1S/C29H30F6O/c1-2-3-4-5-6-18-7-9-19(10-8-18)20-11-13-23-21(15-20)12-14-24(27(23)32)22-16-25(30)28(26(31)17-22)36-29(33,34)35/h11-19H,2-10H2,1H3/t18-,19-. The van der Waals surface area contributed by atoms with Crippen LogP contribution in [0.3, 0.4) is 0 Å². The quantitative estimate of drug-likeness (QED) is 0.217. The topological polar surface area (TPSA) is 9.23 Å². The fourth-order valence-corrected chi connectivity index (χ4v) is 5.36. The molecule has 0 aromatic heterocycles. The number of rotatable bonds is 8. The number of unbranched alkanes of at least 4 members (excludes halogenated alkanes) is 3. The number of halogens is 6. The summed E-state index contributed by atoms with van der Waals surface area (Å²) >= 11 is 0. The molecule has 3 aromatic rings. The summed E-state index contributed by atoms with van der Waals surface area (Å²) in [5.41, 5.74) is 0.847. The monoisotopic (exact) mass is 508 g/mol. The molecule has 0 heterocycles. The summed E-state index contributed by atoms with van der Waals surface area (Å²) in [5, 5.41) is 0.964. The molecule has 0 spiro atoms. The molecule has 194 valence electrons. The molecule has 0 bridgehead atoms. The highest BCUT2D eigenvalue weighted by Crippen LogP contribution is 2.40. The van der Waals surface area contributed by atoms with Crippen molar-refractivity contribution in [2.75, 3.05) is 0 Å². The molecule has 1 fully saturated rings. The number of hydrogen-bond donors (Lipinski definition) is 0. The van der Waals surface area contributed by atoms with Crippen LogP contribution in [-0.4, -0.2) is 6.36 Å². The molecule has 0 radical (unpaired) electrons. The number of alkyl halides is 3. The zero-order chi connectivity index (χ0) is 25.9. The van der Waals surface area contributed by atoms with Gasteiger partial charge in [-0.05, 0) is 66.2 Å². The molecule has 0 unspecified atom stereocenters. The SMILES string of the molecule is CCCCCC[C@H]1CC[C@H](c2ccc3c(F)c(-c4cc(F)c(OC(F)(F)F)c(F)c4)ccc3c2)CC1. The minimum absolute atomic E-state index is 0.102. The van der Waals surface area contributed by atoms with Gasteiger partial charge in [0.25, 0.3) is 0 Å². The lowest BCUT2D eigenvalue weighted by Crippen LogP contribution is -2.19. The van der Waals surface area contributed by atoms with Gasteiger partial charge in [0.1, 0.15) is 5.82 Å². The van der Waals surface area contributed by atoms with E-state index in [1.54, 1.807) is 12.1 Å². The fourth-order valence-electron chi connectivity index (χ4n) is 5.36. The Labute approximate surface area is 207 Å². The van der Waals surface area contributed by atoms with Crippen LogP contribution < -0.4 is 4.74 Å². The van der Waals surface area contributed by atoms with E-state index in [1.165, 1.54) is 51.0 Å². The Kier molecular flexibility index (Phi) is 8.16. The van der Waals surface area contributed by atoms with Gasteiger partial charge in [0.05, 0.1) is 0 Å². The largest absolute Gasteiger partial charge is 0.573 e. The predicted octanol–water partition coefficient (Wildman–Crippen LogP) is 10.1. The third-order valence-electron chi connectivity index (χ3n) is 7.29. The number of ether oxygens (including phenoxy) is 1. The molecular formula is C29H30F6O. The first kappa shape index (κ1) is 26.4. The Morgan fingerprint density at radius 2 is 1.53 bits per heavy atom. The summed E-state index contributed by atoms with van der Waals surface area (Å²) in [4.78, 5) is 0. The van der Waals surface area contributed by atoms with Crippen LogP contribution in [0.15, 0.2) is 42.5 Å². The van der Waals surface area contributed by atoms with Gasteiger partial charge >= 0.3 is 6.36 Å². The second kappa shape index (κ2) is 11.1. The summed E-state index contributed by atoms with van der Waals surface area (Å²) < 4.78 is 84.3. The Morgan fingerprint density at radius 1 is 0.833 bits per heavy atom. The average Bonchev–Trinajstić information content (AvgIpc) is 2.84. The first-order valence-corrected chi connectivity index (χ1v) is 12.6. The van der Waals surface area contributed by atoms with E-state index >= 15 is 4.39 Å².